The van der Waals surface area contributed by atoms with Crippen molar-refractivity contribution in [3.8, 4) is 11.8 Å². The van der Waals surface area contributed by atoms with Crippen LogP contribution in [0.3, 0.4) is 0 Å². The van der Waals surface area contributed by atoms with Crippen LogP contribution in [0.4, 0.5) is 10.1 Å². The molecule has 1 aromatic heterocycles. The summed E-state index contributed by atoms with van der Waals surface area (Å²) in [4.78, 5) is 27.7. The predicted molar refractivity (Wildman–Crippen MR) is 135 cm³/mol. The number of anilines is 1. The van der Waals surface area contributed by atoms with Crippen molar-refractivity contribution < 1.29 is 18.7 Å². The molecule has 1 atom stereocenters. The molecule has 0 aliphatic carbocycles. The minimum Gasteiger partial charge on any atom is -0.486 e. The molecule has 1 aliphatic rings. The van der Waals surface area contributed by atoms with Crippen molar-refractivity contribution in [1.82, 2.24) is 15.1 Å². The molecule has 1 saturated heterocycles. The minimum absolute atomic E-state index is 0.0457. The van der Waals surface area contributed by atoms with Crippen molar-refractivity contribution in [2.75, 3.05) is 18.4 Å². The maximum absolute atomic E-state index is 14.6. The number of carbonyl (C=O) groups excluding carboxylic acids is 2. The molecule has 186 valence electrons. The molecular formula is C28H24FN5O3. The van der Waals surface area contributed by atoms with E-state index in [2.05, 4.69) is 21.6 Å². The Morgan fingerprint density at radius 1 is 1.19 bits per heavy atom. The largest absolute Gasteiger partial charge is 0.486 e. The van der Waals surface area contributed by atoms with E-state index >= 15 is 0 Å². The fraction of sp³-hybridized carbons (Fsp3) is 0.214. The molecule has 2 amide bonds. The number of fused-ring (bicyclic) bond motifs is 1. The Bertz CT molecular complexity index is 1510. The van der Waals surface area contributed by atoms with E-state index in [1.165, 1.54) is 12.1 Å². The second kappa shape index (κ2) is 10.5. The molecule has 9 heteroatoms. The number of amides is 2. The van der Waals surface area contributed by atoms with Crippen LogP contribution in [0.5, 0.6) is 5.75 Å². The number of nitrogens with one attached hydrogen (secondary N) is 2. The fourth-order valence-electron chi connectivity index (χ4n) is 4.47. The van der Waals surface area contributed by atoms with Gasteiger partial charge in [0.15, 0.2) is 11.6 Å². The highest BCUT2D eigenvalue weighted by molar-refractivity contribution is 5.99. The van der Waals surface area contributed by atoms with E-state index in [4.69, 9.17) is 10.00 Å². The zero-order chi connectivity index (χ0) is 25.8. The Morgan fingerprint density at radius 3 is 2.92 bits per heavy atom. The van der Waals surface area contributed by atoms with Crippen molar-refractivity contribution in [3.63, 3.8) is 0 Å². The van der Waals surface area contributed by atoms with Gasteiger partial charge in [-0.3, -0.25) is 14.7 Å². The Kier molecular flexibility index (Phi) is 6.81. The van der Waals surface area contributed by atoms with E-state index in [0.717, 1.165) is 16.5 Å². The van der Waals surface area contributed by atoms with E-state index in [1.54, 1.807) is 53.6 Å². The summed E-state index contributed by atoms with van der Waals surface area (Å²) in [6.07, 6.45) is 3.01. The lowest BCUT2D eigenvalue weighted by atomic mass is 9.96. The molecule has 1 aliphatic heterocycles. The van der Waals surface area contributed by atoms with Gasteiger partial charge in [0.2, 0.25) is 5.91 Å². The van der Waals surface area contributed by atoms with Gasteiger partial charge in [-0.1, -0.05) is 12.1 Å². The molecule has 2 N–H and O–H groups in total. The topological polar surface area (TPSA) is 111 Å². The number of H-pyrrole nitrogens is 1. The first kappa shape index (κ1) is 24.0. The number of rotatable bonds is 6. The quantitative estimate of drug-likeness (QED) is 0.403. The Labute approximate surface area is 212 Å². The number of hydrogen-bond acceptors (Lipinski definition) is 5. The number of hydrogen-bond donors (Lipinski definition) is 2. The zero-order valence-corrected chi connectivity index (χ0v) is 19.9. The van der Waals surface area contributed by atoms with Crippen molar-refractivity contribution in [2.45, 2.75) is 19.4 Å². The Hall–Kier alpha value is -4.71. The lowest BCUT2D eigenvalue weighted by Gasteiger charge is -2.32. The fourth-order valence-corrected chi connectivity index (χ4v) is 4.47. The molecule has 5 rings (SSSR count). The van der Waals surface area contributed by atoms with Gasteiger partial charge in [-0.05, 0) is 60.9 Å². The third-order valence-corrected chi connectivity index (χ3v) is 6.42. The van der Waals surface area contributed by atoms with Crippen molar-refractivity contribution in [3.05, 3.63) is 89.4 Å². The summed E-state index contributed by atoms with van der Waals surface area (Å²) in [5.41, 5.74) is 2.96. The number of ether oxygens (including phenoxy) is 1. The van der Waals surface area contributed by atoms with Crippen LogP contribution in [0.2, 0.25) is 0 Å². The minimum atomic E-state index is -0.607. The molecule has 37 heavy (non-hydrogen) atoms. The van der Waals surface area contributed by atoms with Gasteiger partial charge in [-0.2, -0.15) is 10.4 Å². The molecule has 8 nitrogen and oxygen atoms in total. The summed E-state index contributed by atoms with van der Waals surface area (Å²) in [5, 5.41) is 19.5. The van der Waals surface area contributed by atoms with Crippen molar-refractivity contribution in [1.29, 1.82) is 5.26 Å². The highest BCUT2D eigenvalue weighted by atomic mass is 19.1. The summed E-state index contributed by atoms with van der Waals surface area (Å²) in [5.74, 6) is -1.35. The van der Waals surface area contributed by atoms with E-state index in [-0.39, 0.29) is 24.2 Å². The molecule has 3 aromatic carbocycles. The number of aromatic amines is 1. The number of carbonyl (C=O) groups is 2. The van der Waals surface area contributed by atoms with Gasteiger partial charge in [-0.15, -0.1) is 0 Å². The number of likely N-dealkylation sites (tertiary alicyclic amines) is 1. The van der Waals surface area contributed by atoms with E-state index in [0.29, 0.717) is 42.7 Å². The maximum atomic E-state index is 14.6. The van der Waals surface area contributed by atoms with Crippen LogP contribution < -0.4 is 10.1 Å². The van der Waals surface area contributed by atoms with Gasteiger partial charge >= 0.3 is 0 Å². The van der Waals surface area contributed by atoms with Gasteiger partial charge in [0, 0.05) is 35.8 Å². The molecule has 4 aromatic rings. The lowest BCUT2D eigenvalue weighted by Crippen LogP contribution is -2.43. The van der Waals surface area contributed by atoms with Crippen LogP contribution in [-0.4, -0.2) is 40.0 Å². The molecule has 0 spiro atoms. The van der Waals surface area contributed by atoms with Crippen LogP contribution in [0.15, 0.2) is 66.9 Å². The number of benzene rings is 3. The molecular weight excluding hydrogens is 473 g/mol. The van der Waals surface area contributed by atoms with Crippen molar-refractivity contribution >= 4 is 28.4 Å². The van der Waals surface area contributed by atoms with Crippen molar-refractivity contribution in [2.24, 2.45) is 5.92 Å². The normalized spacial score (nSPS) is 15.2. The molecule has 0 bridgehead atoms. The highest BCUT2D eigenvalue weighted by Gasteiger charge is 2.29. The van der Waals surface area contributed by atoms with Crippen LogP contribution in [-0.2, 0) is 11.4 Å². The predicted octanol–water partition coefficient (Wildman–Crippen LogP) is 4.64. The van der Waals surface area contributed by atoms with Gasteiger partial charge in [0.25, 0.3) is 5.91 Å². The standard InChI is InChI=1S/C28H24FN5O3/c29-24-13-23(7-9-26(24)37-17-19-4-1-3-18(11-19)14-30)32-27(35)21-5-2-10-34(16-21)28(36)20-6-8-25-22(12-20)15-31-33-25/h1,3-4,6-9,11-13,15,21H,2,5,10,16-17H2,(H,31,33)(H,32,35). The van der Waals surface area contributed by atoms with Crippen LogP contribution >= 0.6 is 0 Å². The van der Waals surface area contributed by atoms with E-state index < -0.39 is 11.7 Å². The average molecular weight is 498 g/mol. The molecule has 1 fully saturated rings. The first-order valence-corrected chi connectivity index (χ1v) is 11.9. The second-order valence-electron chi connectivity index (χ2n) is 9.00. The summed E-state index contributed by atoms with van der Waals surface area (Å²) >= 11 is 0. The highest BCUT2D eigenvalue weighted by Crippen LogP contribution is 2.25. The third kappa shape index (κ3) is 5.43. The zero-order valence-electron chi connectivity index (χ0n) is 19.9. The number of piperidine rings is 1. The van der Waals surface area contributed by atoms with Gasteiger partial charge < -0.3 is 15.0 Å². The first-order valence-electron chi connectivity index (χ1n) is 11.9. The van der Waals surface area contributed by atoms with Crippen LogP contribution in [0, 0.1) is 23.1 Å². The van der Waals surface area contributed by atoms with Crippen LogP contribution in [0.25, 0.3) is 10.9 Å². The molecule has 0 saturated carbocycles. The molecule has 2 heterocycles. The first-order chi connectivity index (χ1) is 18.0. The van der Waals surface area contributed by atoms with Gasteiger partial charge in [0.1, 0.15) is 6.61 Å². The van der Waals surface area contributed by atoms with E-state index in [1.807, 2.05) is 6.07 Å². The number of aromatic nitrogens is 2. The molecule has 1 unspecified atom stereocenters. The second-order valence-corrected chi connectivity index (χ2v) is 9.00. The summed E-state index contributed by atoms with van der Waals surface area (Å²) in [7, 11) is 0. The number of halogens is 1. The van der Waals surface area contributed by atoms with Gasteiger partial charge in [-0.25, -0.2) is 4.39 Å². The third-order valence-electron chi connectivity index (χ3n) is 6.42. The summed E-state index contributed by atoms with van der Waals surface area (Å²) in [6, 6.07) is 18.6. The summed E-state index contributed by atoms with van der Waals surface area (Å²) < 4.78 is 20.2. The summed E-state index contributed by atoms with van der Waals surface area (Å²) in [6.45, 7) is 0.973. The van der Waals surface area contributed by atoms with Gasteiger partial charge in [0.05, 0.1) is 29.3 Å². The average Bonchev–Trinajstić information content (AvgIpc) is 3.40. The smallest absolute Gasteiger partial charge is 0.253 e. The van der Waals surface area contributed by atoms with Crippen LogP contribution in [0.1, 0.15) is 34.3 Å². The Morgan fingerprint density at radius 2 is 2.08 bits per heavy atom. The monoisotopic (exact) mass is 497 g/mol. The molecule has 0 radical (unpaired) electrons. The van der Waals surface area contributed by atoms with E-state index in [9.17, 15) is 14.0 Å². The number of nitriles is 1. The maximum Gasteiger partial charge on any atom is 0.253 e. The lowest BCUT2D eigenvalue weighted by molar-refractivity contribution is -0.121. The number of nitrogens with zero attached hydrogens (tertiary/aromatic N) is 3. The Balaban J connectivity index is 1.19. The SMILES string of the molecule is N#Cc1cccc(COc2ccc(NC(=O)C3CCCN(C(=O)c4ccc5[nH]ncc5c4)C3)cc2F)c1.